The molecule has 2 bridgehead atoms. The van der Waals surface area contributed by atoms with Crippen LogP contribution in [0.5, 0.6) is 0 Å². The second-order valence-electron chi connectivity index (χ2n) is 5.29. The normalized spacial score (nSPS) is 30.6. The summed E-state index contributed by atoms with van der Waals surface area (Å²) >= 11 is 4.94. The van der Waals surface area contributed by atoms with Crippen LogP contribution in [0, 0.1) is 23.7 Å². The number of carbonyl (C=O) groups excluding carboxylic acids is 1. The molecule has 3 rings (SSSR count). The molecule has 4 nitrogen and oxygen atoms in total. The van der Waals surface area contributed by atoms with E-state index in [1.807, 2.05) is 23.6 Å². The van der Waals surface area contributed by atoms with Gasteiger partial charge in [-0.25, -0.2) is 0 Å². The summed E-state index contributed by atoms with van der Waals surface area (Å²) in [7, 11) is 0. The van der Waals surface area contributed by atoms with Gasteiger partial charge >= 0.3 is 5.97 Å². The maximum Gasteiger partial charge on any atom is 0.307 e. The van der Waals surface area contributed by atoms with Crippen LogP contribution in [0.2, 0.25) is 0 Å². The van der Waals surface area contributed by atoms with Gasteiger partial charge in [0, 0.05) is 14.7 Å². The summed E-state index contributed by atoms with van der Waals surface area (Å²) in [5, 5.41) is 14.2. The molecule has 2 N–H and O–H groups in total. The Hall–Kier alpha value is -1.14. The molecule has 2 aliphatic rings. The number of nitrogens with one attached hydrogen (secondary N) is 1. The number of carboxylic acids is 1. The van der Waals surface area contributed by atoms with Crippen molar-refractivity contribution in [2.45, 2.75) is 13.0 Å². The van der Waals surface area contributed by atoms with E-state index in [0.29, 0.717) is 6.54 Å². The molecule has 1 aromatic heterocycles. The molecule has 4 atom stereocenters. The average molecular weight is 356 g/mol. The molecule has 0 aromatic carbocycles. The van der Waals surface area contributed by atoms with Gasteiger partial charge in [-0.2, -0.15) is 0 Å². The van der Waals surface area contributed by atoms with E-state index in [1.165, 1.54) is 0 Å². The van der Waals surface area contributed by atoms with E-state index in [-0.39, 0.29) is 17.7 Å². The minimum absolute atomic E-state index is 0.0177. The highest BCUT2D eigenvalue weighted by Gasteiger charge is 2.51. The van der Waals surface area contributed by atoms with Gasteiger partial charge in [-0.1, -0.05) is 12.2 Å². The second kappa shape index (κ2) is 5.33. The van der Waals surface area contributed by atoms with E-state index in [2.05, 4.69) is 21.2 Å². The SMILES string of the molecule is O=C(O)C1C2C=CC(C2)C1C(=O)NCc1cc(Br)cs1. The molecule has 0 radical (unpaired) electrons. The van der Waals surface area contributed by atoms with Gasteiger partial charge in [0.05, 0.1) is 18.4 Å². The fraction of sp³-hybridized carbons (Fsp3) is 0.429. The Morgan fingerprint density at radius 3 is 2.65 bits per heavy atom. The first-order chi connectivity index (χ1) is 9.56. The van der Waals surface area contributed by atoms with Crippen molar-refractivity contribution >= 4 is 39.1 Å². The molecule has 0 aliphatic heterocycles. The molecule has 20 heavy (non-hydrogen) atoms. The monoisotopic (exact) mass is 355 g/mol. The standard InChI is InChI=1S/C14H14BrNO3S/c15-9-4-10(20-6-9)5-16-13(17)11-7-1-2-8(3-7)12(11)14(18)19/h1-2,4,6-8,11-12H,3,5H2,(H,16,17)(H,18,19). The van der Waals surface area contributed by atoms with Gasteiger partial charge in [-0.15, -0.1) is 11.3 Å². The van der Waals surface area contributed by atoms with E-state index >= 15 is 0 Å². The van der Waals surface area contributed by atoms with Crippen molar-refractivity contribution in [3.8, 4) is 0 Å². The van der Waals surface area contributed by atoms with Crippen molar-refractivity contribution in [2.24, 2.45) is 23.7 Å². The van der Waals surface area contributed by atoms with Gasteiger partial charge in [0.1, 0.15) is 0 Å². The second-order valence-corrected chi connectivity index (χ2v) is 7.20. The fourth-order valence-electron chi connectivity index (χ4n) is 3.25. The van der Waals surface area contributed by atoms with Crippen LogP contribution >= 0.6 is 27.3 Å². The number of hydrogen-bond acceptors (Lipinski definition) is 3. The predicted octanol–water partition coefficient (Wildman–Crippen LogP) is 2.65. The molecular weight excluding hydrogens is 342 g/mol. The number of hydrogen-bond donors (Lipinski definition) is 2. The van der Waals surface area contributed by atoms with E-state index in [9.17, 15) is 14.7 Å². The topological polar surface area (TPSA) is 66.4 Å². The zero-order valence-corrected chi connectivity index (χ0v) is 13.0. The molecular formula is C14H14BrNO3S. The highest BCUT2D eigenvalue weighted by Crippen LogP contribution is 2.48. The van der Waals surface area contributed by atoms with E-state index in [1.54, 1.807) is 11.3 Å². The summed E-state index contributed by atoms with van der Waals surface area (Å²) in [6.45, 7) is 0.457. The van der Waals surface area contributed by atoms with Crippen LogP contribution in [0.25, 0.3) is 0 Å². The Balaban J connectivity index is 1.67. The first-order valence-corrected chi connectivity index (χ1v) is 8.15. The van der Waals surface area contributed by atoms with Crippen LogP contribution in [0.15, 0.2) is 28.1 Å². The van der Waals surface area contributed by atoms with Crippen molar-refractivity contribution < 1.29 is 14.7 Å². The largest absolute Gasteiger partial charge is 0.481 e. The molecule has 106 valence electrons. The zero-order chi connectivity index (χ0) is 14.3. The lowest BCUT2D eigenvalue weighted by Crippen LogP contribution is -2.39. The van der Waals surface area contributed by atoms with Crippen molar-refractivity contribution in [2.75, 3.05) is 0 Å². The molecule has 2 aliphatic carbocycles. The number of fused-ring (bicyclic) bond motifs is 2. The number of rotatable bonds is 4. The Morgan fingerprint density at radius 2 is 2.05 bits per heavy atom. The third kappa shape index (κ3) is 2.42. The Bertz CT molecular complexity index is 583. The quantitative estimate of drug-likeness (QED) is 0.816. The van der Waals surface area contributed by atoms with Gasteiger partial charge in [-0.05, 0) is 40.3 Å². The van der Waals surface area contributed by atoms with Crippen molar-refractivity contribution in [3.63, 3.8) is 0 Å². The molecule has 1 heterocycles. The minimum Gasteiger partial charge on any atom is -0.481 e. The molecule has 1 amide bonds. The smallest absolute Gasteiger partial charge is 0.307 e. The van der Waals surface area contributed by atoms with Crippen LogP contribution in [0.4, 0.5) is 0 Å². The summed E-state index contributed by atoms with van der Waals surface area (Å²) < 4.78 is 0.998. The first kappa shape index (κ1) is 13.8. The number of allylic oxidation sites excluding steroid dienone is 2. The first-order valence-electron chi connectivity index (χ1n) is 6.48. The van der Waals surface area contributed by atoms with Crippen LogP contribution in [0.3, 0.4) is 0 Å². The summed E-state index contributed by atoms with van der Waals surface area (Å²) in [6, 6.07) is 1.96. The number of carboxylic acid groups (broad SMARTS) is 1. The summed E-state index contributed by atoms with van der Waals surface area (Å²) in [4.78, 5) is 24.7. The maximum absolute atomic E-state index is 12.3. The molecule has 4 unspecified atom stereocenters. The third-order valence-corrected chi connectivity index (χ3v) is 5.80. The van der Waals surface area contributed by atoms with Crippen molar-refractivity contribution in [3.05, 3.63) is 32.9 Å². The van der Waals surface area contributed by atoms with Gasteiger partial charge < -0.3 is 10.4 Å². The lowest BCUT2D eigenvalue weighted by atomic mass is 9.82. The van der Waals surface area contributed by atoms with Crippen molar-refractivity contribution in [1.29, 1.82) is 0 Å². The van der Waals surface area contributed by atoms with Crippen LogP contribution in [0.1, 0.15) is 11.3 Å². The lowest BCUT2D eigenvalue weighted by Gasteiger charge is -2.23. The van der Waals surface area contributed by atoms with Gasteiger partial charge in [0.2, 0.25) is 5.91 Å². The number of amides is 1. The number of thiophene rings is 1. The third-order valence-electron chi connectivity index (χ3n) is 4.11. The number of halogens is 1. The van der Waals surface area contributed by atoms with Crippen molar-refractivity contribution in [1.82, 2.24) is 5.32 Å². The summed E-state index contributed by atoms with van der Waals surface area (Å²) in [6.07, 6.45) is 4.74. The minimum atomic E-state index is -0.860. The Morgan fingerprint density at radius 1 is 1.35 bits per heavy atom. The maximum atomic E-state index is 12.3. The predicted molar refractivity (Wildman–Crippen MR) is 79.2 cm³/mol. The van der Waals surface area contributed by atoms with Crippen LogP contribution < -0.4 is 5.32 Å². The molecule has 1 fully saturated rings. The van der Waals surface area contributed by atoms with Crippen LogP contribution in [-0.2, 0) is 16.1 Å². The lowest BCUT2D eigenvalue weighted by molar-refractivity contribution is -0.147. The van der Waals surface area contributed by atoms with Crippen LogP contribution in [-0.4, -0.2) is 17.0 Å². The fourth-order valence-corrected chi connectivity index (χ4v) is 4.65. The van der Waals surface area contributed by atoms with Gasteiger partial charge in [-0.3, -0.25) is 9.59 Å². The number of aliphatic carboxylic acids is 1. The highest BCUT2D eigenvalue weighted by molar-refractivity contribution is 9.10. The molecule has 0 spiro atoms. The number of carbonyl (C=O) groups is 2. The van der Waals surface area contributed by atoms with E-state index < -0.39 is 17.8 Å². The zero-order valence-electron chi connectivity index (χ0n) is 10.6. The molecule has 1 aromatic rings. The summed E-state index contributed by atoms with van der Waals surface area (Å²) in [5.74, 6) is -1.90. The van der Waals surface area contributed by atoms with E-state index in [4.69, 9.17) is 0 Å². The highest BCUT2D eigenvalue weighted by atomic mass is 79.9. The Labute approximate surface area is 129 Å². The molecule has 1 saturated carbocycles. The molecule has 6 heteroatoms. The van der Waals surface area contributed by atoms with E-state index in [0.717, 1.165) is 15.8 Å². The average Bonchev–Trinajstić information content (AvgIpc) is 3.10. The molecule has 0 saturated heterocycles. The van der Waals surface area contributed by atoms with Gasteiger partial charge in [0.25, 0.3) is 0 Å². The summed E-state index contributed by atoms with van der Waals surface area (Å²) in [5.41, 5.74) is 0. The Kier molecular flexibility index (Phi) is 3.69. The van der Waals surface area contributed by atoms with Gasteiger partial charge in [0.15, 0.2) is 0 Å².